The number of phenols is 2. The molecule has 1 aromatic heterocycles. The van der Waals surface area contributed by atoms with Gasteiger partial charge in [0.05, 0.1) is 0 Å². The zero-order chi connectivity index (χ0) is 11.0. The molecule has 0 aliphatic rings. The fourth-order valence-electron chi connectivity index (χ4n) is 1.19. The molecule has 0 radical (unpaired) electrons. The third-order valence-electron chi connectivity index (χ3n) is 2.05. The molecule has 5 heteroatoms. The molecule has 4 nitrogen and oxygen atoms in total. The Kier molecular flexibility index (Phi) is 2.24. The highest BCUT2D eigenvalue weighted by Gasteiger charge is 2.08. The van der Waals surface area contributed by atoms with Gasteiger partial charge in [0.15, 0.2) is 11.5 Å². The Bertz CT molecular complexity index is 489. The first-order valence-electron chi connectivity index (χ1n) is 4.33. The van der Waals surface area contributed by atoms with E-state index in [4.69, 9.17) is 10.8 Å². The number of nitrogen functional groups attached to an aromatic ring is 1. The van der Waals surface area contributed by atoms with Crippen LogP contribution in [0.25, 0.3) is 10.6 Å². The van der Waals surface area contributed by atoms with Crippen molar-refractivity contribution in [3.8, 4) is 22.1 Å². The minimum absolute atomic E-state index is 0.139. The molecular weight excluding hydrogens is 212 g/mol. The second kappa shape index (κ2) is 3.43. The Balaban J connectivity index is 2.49. The van der Waals surface area contributed by atoms with Gasteiger partial charge in [-0.1, -0.05) is 0 Å². The number of thiazole rings is 1. The van der Waals surface area contributed by atoms with E-state index in [-0.39, 0.29) is 11.5 Å². The highest BCUT2D eigenvalue weighted by Crippen LogP contribution is 2.34. The summed E-state index contributed by atoms with van der Waals surface area (Å²) < 4.78 is 0. The molecule has 0 atom stereocenters. The van der Waals surface area contributed by atoms with Crippen LogP contribution in [0.5, 0.6) is 11.5 Å². The average Bonchev–Trinajstić information content (AvgIpc) is 2.52. The van der Waals surface area contributed by atoms with Crippen LogP contribution in [-0.2, 0) is 0 Å². The molecule has 0 saturated heterocycles. The van der Waals surface area contributed by atoms with E-state index < -0.39 is 0 Å². The standard InChI is InChI=1S/C10H10N2O2S/c1-5-9(11)12-10(15-5)6-2-3-7(13)8(14)4-6/h2-4,13-14H,11H2,1H3. The number of rotatable bonds is 1. The number of nitrogens with zero attached hydrogens (tertiary/aromatic N) is 1. The van der Waals surface area contributed by atoms with Gasteiger partial charge in [-0.2, -0.15) is 0 Å². The number of hydrogen-bond acceptors (Lipinski definition) is 5. The molecule has 1 aromatic carbocycles. The average molecular weight is 222 g/mol. The number of anilines is 1. The molecule has 0 amide bonds. The van der Waals surface area contributed by atoms with Crippen molar-refractivity contribution in [3.63, 3.8) is 0 Å². The first-order chi connectivity index (χ1) is 7.08. The second-order valence-corrected chi connectivity index (χ2v) is 4.37. The van der Waals surface area contributed by atoms with Crippen molar-refractivity contribution in [1.82, 2.24) is 4.98 Å². The van der Waals surface area contributed by atoms with Gasteiger partial charge >= 0.3 is 0 Å². The molecular formula is C10H10N2O2S. The lowest BCUT2D eigenvalue weighted by molar-refractivity contribution is 0.404. The molecule has 2 aromatic rings. The Morgan fingerprint density at radius 3 is 2.53 bits per heavy atom. The molecule has 0 aliphatic carbocycles. The van der Waals surface area contributed by atoms with Crippen molar-refractivity contribution < 1.29 is 10.2 Å². The van der Waals surface area contributed by atoms with Crippen molar-refractivity contribution in [2.75, 3.05) is 5.73 Å². The van der Waals surface area contributed by atoms with E-state index in [2.05, 4.69) is 4.98 Å². The molecule has 1 heterocycles. The molecule has 0 spiro atoms. The lowest BCUT2D eigenvalue weighted by atomic mass is 10.2. The third kappa shape index (κ3) is 1.73. The van der Waals surface area contributed by atoms with E-state index in [0.29, 0.717) is 5.82 Å². The quantitative estimate of drug-likeness (QED) is 0.646. The Labute approximate surface area is 90.6 Å². The summed E-state index contributed by atoms with van der Waals surface area (Å²) in [6, 6.07) is 4.58. The van der Waals surface area contributed by atoms with Gasteiger partial charge in [0, 0.05) is 10.4 Å². The number of aromatic hydroxyl groups is 2. The minimum Gasteiger partial charge on any atom is -0.504 e. The smallest absolute Gasteiger partial charge is 0.158 e. The maximum absolute atomic E-state index is 9.33. The molecule has 0 saturated carbocycles. The normalized spacial score (nSPS) is 10.5. The van der Waals surface area contributed by atoms with Gasteiger partial charge in [-0.3, -0.25) is 0 Å². The summed E-state index contributed by atoms with van der Waals surface area (Å²) in [6.45, 7) is 1.89. The summed E-state index contributed by atoms with van der Waals surface area (Å²) in [5, 5.41) is 19.2. The SMILES string of the molecule is Cc1sc(-c2ccc(O)c(O)c2)nc1N. The van der Waals surface area contributed by atoms with Crippen LogP contribution in [0.15, 0.2) is 18.2 Å². The predicted molar refractivity (Wildman–Crippen MR) is 60.0 cm³/mol. The fraction of sp³-hybridized carbons (Fsp3) is 0.100. The van der Waals surface area contributed by atoms with Crippen LogP contribution < -0.4 is 5.73 Å². The van der Waals surface area contributed by atoms with E-state index in [1.807, 2.05) is 6.92 Å². The Morgan fingerprint density at radius 2 is 2.00 bits per heavy atom. The van der Waals surface area contributed by atoms with Crippen LogP contribution in [0.2, 0.25) is 0 Å². The van der Waals surface area contributed by atoms with Crippen LogP contribution in [0.3, 0.4) is 0 Å². The van der Waals surface area contributed by atoms with Crippen molar-refractivity contribution in [2.24, 2.45) is 0 Å². The first kappa shape index (κ1) is 9.79. The number of benzene rings is 1. The second-order valence-electron chi connectivity index (χ2n) is 3.16. The topological polar surface area (TPSA) is 79.4 Å². The van der Waals surface area contributed by atoms with Gasteiger partial charge in [-0.05, 0) is 25.1 Å². The van der Waals surface area contributed by atoms with Crippen molar-refractivity contribution in [3.05, 3.63) is 23.1 Å². The van der Waals surface area contributed by atoms with E-state index in [1.54, 1.807) is 6.07 Å². The number of nitrogens with two attached hydrogens (primary N) is 1. The lowest BCUT2D eigenvalue weighted by Gasteiger charge is -1.99. The van der Waals surface area contributed by atoms with Gasteiger partial charge in [0.1, 0.15) is 10.8 Å². The van der Waals surface area contributed by atoms with E-state index in [1.165, 1.54) is 23.5 Å². The molecule has 4 N–H and O–H groups in total. The van der Waals surface area contributed by atoms with Crippen molar-refractivity contribution in [2.45, 2.75) is 6.92 Å². The molecule has 2 rings (SSSR count). The highest BCUT2D eigenvalue weighted by atomic mass is 32.1. The number of aromatic nitrogens is 1. The van der Waals surface area contributed by atoms with E-state index in [0.717, 1.165) is 15.4 Å². The van der Waals surface area contributed by atoms with Crippen LogP contribution in [0, 0.1) is 6.92 Å². The third-order valence-corrected chi connectivity index (χ3v) is 3.09. The van der Waals surface area contributed by atoms with Crippen LogP contribution >= 0.6 is 11.3 Å². The van der Waals surface area contributed by atoms with Gasteiger partial charge in [0.25, 0.3) is 0 Å². The summed E-state index contributed by atoms with van der Waals surface area (Å²) in [4.78, 5) is 5.10. The summed E-state index contributed by atoms with van der Waals surface area (Å²) in [5.41, 5.74) is 6.38. The number of hydrogen-bond donors (Lipinski definition) is 3. The summed E-state index contributed by atoms with van der Waals surface area (Å²) in [6.07, 6.45) is 0. The Morgan fingerprint density at radius 1 is 1.27 bits per heavy atom. The van der Waals surface area contributed by atoms with Crippen molar-refractivity contribution >= 4 is 17.2 Å². The number of phenolic OH excluding ortho intramolecular Hbond substituents is 2. The van der Waals surface area contributed by atoms with Crippen LogP contribution in [0.4, 0.5) is 5.82 Å². The largest absolute Gasteiger partial charge is 0.504 e. The molecule has 15 heavy (non-hydrogen) atoms. The molecule has 78 valence electrons. The zero-order valence-corrected chi connectivity index (χ0v) is 8.88. The summed E-state index contributed by atoms with van der Waals surface area (Å²) in [5.74, 6) is 0.210. The van der Waals surface area contributed by atoms with Gasteiger partial charge in [-0.25, -0.2) is 4.98 Å². The zero-order valence-electron chi connectivity index (χ0n) is 8.06. The van der Waals surface area contributed by atoms with Crippen LogP contribution in [-0.4, -0.2) is 15.2 Å². The molecule has 0 fully saturated rings. The summed E-state index contributed by atoms with van der Waals surface area (Å²) >= 11 is 1.45. The van der Waals surface area contributed by atoms with Crippen molar-refractivity contribution in [1.29, 1.82) is 0 Å². The molecule has 0 unspecified atom stereocenters. The number of aryl methyl sites for hydroxylation is 1. The predicted octanol–water partition coefficient (Wildman–Crippen LogP) is 2.11. The maximum atomic E-state index is 9.33. The minimum atomic E-state index is -0.154. The van der Waals surface area contributed by atoms with E-state index >= 15 is 0 Å². The highest BCUT2D eigenvalue weighted by molar-refractivity contribution is 7.15. The fourth-order valence-corrected chi connectivity index (χ4v) is 2.02. The van der Waals surface area contributed by atoms with Gasteiger partial charge in [0.2, 0.25) is 0 Å². The summed E-state index contributed by atoms with van der Waals surface area (Å²) in [7, 11) is 0. The monoisotopic (exact) mass is 222 g/mol. The maximum Gasteiger partial charge on any atom is 0.158 e. The van der Waals surface area contributed by atoms with E-state index in [9.17, 15) is 5.11 Å². The van der Waals surface area contributed by atoms with Gasteiger partial charge in [-0.15, -0.1) is 11.3 Å². The lowest BCUT2D eigenvalue weighted by Crippen LogP contribution is -1.85. The molecule has 0 bridgehead atoms. The van der Waals surface area contributed by atoms with Crippen LogP contribution in [0.1, 0.15) is 4.88 Å². The Hall–Kier alpha value is -1.75. The molecule has 0 aliphatic heterocycles. The first-order valence-corrected chi connectivity index (χ1v) is 5.15. The van der Waals surface area contributed by atoms with Gasteiger partial charge < -0.3 is 15.9 Å².